The van der Waals surface area contributed by atoms with Crippen LogP contribution >= 0.6 is 0 Å². The van der Waals surface area contributed by atoms with E-state index in [0.29, 0.717) is 12.5 Å². The van der Waals surface area contributed by atoms with Crippen LogP contribution in [0, 0.1) is 5.92 Å². The Morgan fingerprint density at radius 2 is 2.20 bits per heavy atom. The van der Waals surface area contributed by atoms with Crippen molar-refractivity contribution in [3.05, 3.63) is 0 Å². The third-order valence-electron chi connectivity index (χ3n) is 3.27. The maximum Gasteiger partial charge on any atom is 0.246 e. The van der Waals surface area contributed by atoms with Gasteiger partial charge < -0.3 is 15.8 Å². The molecule has 2 saturated carbocycles. The van der Waals surface area contributed by atoms with E-state index in [0.717, 1.165) is 19.4 Å². The van der Waals surface area contributed by atoms with Crippen LogP contribution in [-0.4, -0.2) is 31.2 Å². The van der Waals surface area contributed by atoms with Crippen LogP contribution in [0.1, 0.15) is 32.1 Å². The van der Waals surface area contributed by atoms with E-state index in [1.807, 2.05) is 0 Å². The summed E-state index contributed by atoms with van der Waals surface area (Å²) in [4.78, 5) is 11.3. The smallest absolute Gasteiger partial charge is 0.246 e. The summed E-state index contributed by atoms with van der Waals surface area (Å²) in [5, 5.41) is 2.83. The van der Waals surface area contributed by atoms with Crippen molar-refractivity contribution in [2.75, 3.05) is 19.8 Å². The van der Waals surface area contributed by atoms with Crippen LogP contribution in [0.4, 0.5) is 0 Å². The molecule has 2 aliphatic carbocycles. The predicted octanol–water partition coefficient (Wildman–Crippen LogP) is 0.411. The van der Waals surface area contributed by atoms with Gasteiger partial charge in [0.05, 0.1) is 6.61 Å². The summed E-state index contributed by atoms with van der Waals surface area (Å²) in [6.07, 6.45) is 5.75. The highest BCUT2D eigenvalue weighted by atomic mass is 16.5. The molecule has 0 aliphatic heterocycles. The average Bonchev–Trinajstić information content (AvgIpc) is 2.95. The van der Waals surface area contributed by atoms with Crippen molar-refractivity contribution in [2.24, 2.45) is 11.7 Å². The number of nitrogens with two attached hydrogens (primary N) is 1. The topological polar surface area (TPSA) is 64.3 Å². The minimum atomic E-state index is -0.133. The molecule has 0 bridgehead atoms. The molecule has 86 valence electrons. The average molecular weight is 212 g/mol. The van der Waals surface area contributed by atoms with Crippen LogP contribution in [0.5, 0.6) is 0 Å². The molecule has 0 saturated heterocycles. The van der Waals surface area contributed by atoms with Crippen molar-refractivity contribution < 1.29 is 9.53 Å². The molecule has 0 aromatic heterocycles. The van der Waals surface area contributed by atoms with Crippen LogP contribution in [0.25, 0.3) is 0 Å². The molecule has 2 rings (SSSR count). The quantitative estimate of drug-likeness (QED) is 0.670. The number of nitrogens with one attached hydrogen (secondary N) is 1. The van der Waals surface area contributed by atoms with Gasteiger partial charge in [-0.05, 0) is 38.0 Å². The molecule has 1 amide bonds. The zero-order valence-corrected chi connectivity index (χ0v) is 9.13. The fraction of sp³-hybridized carbons (Fsp3) is 0.909. The second-order valence-corrected chi connectivity index (χ2v) is 4.95. The summed E-state index contributed by atoms with van der Waals surface area (Å²) in [5.41, 5.74) is 5.85. The molecule has 0 unspecified atom stereocenters. The van der Waals surface area contributed by atoms with E-state index < -0.39 is 0 Å². The lowest BCUT2D eigenvalue weighted by atomic mass is 9.78. The van der Waals surface area contributed by atoms with Gasteiger partial charge in [-0.1, -0.05) is 0 Å². The third kappa shape index (κ3) is 3.47. The minimum Gasteiger partial charge on any atom is -0.371 e. The number of hydrogen-bond acceptors (Lipinski definition) is 3. The van der Waals surface area contributed by atoms with Gasteiger partial charge in [0.1, 0.15) is 6.61 Å². The lowest BCUT2D eigenvalue weighted by Gasteiger charge is -2.38. The van der Waals surface area contributed by atoms with Crippen LogP contribution in [0.3, 0.4) is 0 Å². The number of carbonyl (C=O) groups is 1. The van der Waals surface area contributed by atoms with Gasteiger partial charge in [0.15, 0.2) is 0 Å². The van der Waals surface area contributed by atoms with E-state index in [4.69, 9.17) is 10.5 Å². The first-order valence-electron chi connectivity index (χ1n) is 5.81. The highest BCUT2D eigenvalue weighted by molar-refractivity contribution is 5.77. The summed E-state index contributed by atoms with van der Waals surface area (Å²) in [7, 11) is 0. The Labute approximate surface area is 90.5 Å². The van der Waals surface area contributed by atoms with Crippen LogP contribution in [0.2, 0.25) is 0 Å². The molecule has 2 aliphatic rings. The Kier molecular flexibility index (Phi) is 3.26. The van der Waals surface area contributed by atoms with Gasteiger partial charge in [-0.25, -0.2) is 0 Å². The Balaban J connectivity index is 1.51. The summed E-state index contributed by atoms with van der Waals surface area (Å²) in [5.74, 6) is 0.678. The highest BCUT2D eigenvalue weighted by Crippen LogP contribution is 2.29. The fourth-order valence-corrected chi connectivity index (χ4v) is 1.74. The first kappa shape index (κ1) is 10.9. The molecule has 0 heterocycles. The fourth-order valence-electron chi connectivity index (χ4n) is 1.74. The number of amides is 1. The van der Waals surface area contributed by atoms with Gasteiger partial charge in [-0.2, -0.15) is 0 Å². The highest BCUT2D eigenvalue weighted by Gasteiger charge is 2.32. The zero-order chi connectivity index (χ0) is 10.7. The monoisotopic (exact) mass is 212 g/mol. The van der Waals surface area contributed by atoms with E-state index >= 15 is 0 Å². The van der Waals surface area contributed by atoms with Gasteiger partial charge in [0.25, 0.3) is 0 Å². The second kappa shape index (κ2) is 4.49. The van der Waals surface area contributed by atoms with Crippen LogP contribution < -0.4 is 11.1 Å². The van der Waals surface area contributed by atoms with Crippen molar-refractivity contribution in [3.63, 3.8) is 0 Å². The summed E-state index contributed by atoms with van der Waals surface area (Å²) >= 11 is 0. The lowest BCUT2D eigenvalue weighted by molar-refractivity contribution is -0.126. The van der Waals surface area contributed by atoms with E-state index in [1.54, 1.807) is 0 Å². The SMILES string of the molecule is NC1(CNC(=O)COCC2CC2)CCC1. The number of hydrogen-bond donors (Lipinski definition) is 2. The van der Waals surface area contributed by atoms with E-state index in [2.05, 4.69) is 5.32 Å². The molecule has 3 N–H and O–H groups in total. The summed E-state index contributed by atoms with van der Waals surface area (Å²) in [6.45, 7) is 1.52. The van der Waals surface area contributed by atoms with Gasteiger partial charge in [0.2, 0.25) is 5.91 Å². The van der Waals surface area contributed by atoms with Crippen LogP contribution in [-0.2, 0) is 9.53 Å². The third-order valence-corrected chi connectivity index (χ3v) is 3.27. The number of carbonyl (C=O) groups excluding carboxylic acids is 1. The Morgan fingerprint density at radius 1 is 1.47 bits per heavy atom. The van der Waals surface area contributed by atoms with Crippen molar-refractivity contribution >= 4 is 5.91 Å². The van der Waals surface area contributed by atoms with Gasteiger partial charge in [-0.3, -0.25) is 4.79 Å². The molecule has 15 heavy (non-hydrogen) atoms. The normalized spacial score (nSPS) is 23.3. The van der Waals surface area contributed by atoms with E-state index in [9.17, 15) is 4.79 Å². The molecule has 0 aromatic rings. The van der Waals surface area contributed by atoms with Gasteiger partial charge in [-0.15, -0.1) is 0 Å². The summed E-state index contributed by atoms with van der Waals surface area (Å²) in [6, 6.07) is 0. The van der Waals surface area contributed by atoms with Crippen molar-refractivity contribution in [1.29, 1.82) is 0 Å². The first-order valence-corrected chi connectivity index (χ1v) is 5.81. The second-order valence-electron chi connectivity index (χ2n) is 4.95. The van der Waals surface area contributed by atoms with Crippen molar-refractivity contribution in [3.8, 4) is 0 Å². The Bertz CT molecular complexity index is 235. The number of rotatable bonds is 6. The maximum absolute atomic E-state index is 11.3. The molecule has 0 radical (unpaired) electrons. The lowest BCUT2D eigenvalue weighted by Crippen LogP contribution is -2.55. The molecule has 4 nitrogen and oxygen atoms in total. The molecule has 0 aromatic carbocycles. The van der Waals surface area contributed by atoms with Gasteiger partial charge >= 0.3 is 0 Å². The molecular formula is C11H20N2O2. The summed E-state index contributed by atoms with van der Waals surface area (Å²) < 4.78 is 5.28. The molecule has 2 fully saturated rings. The van der Waals surface area contributed by atoms with E-state index in [1.165, 1.54) is 19.3 Å². The largest absolute Gasteiger partial charge is 0.371 e. The minimum absolute atomic E-state index is 0.0348. The predicted molar refractivity (Wildman–Crippen MR) is 57.3 cm³/mol. The first-order chi connectivity index (χ1) is 7.18. The molecule has 0 spiro atoms. The van der Waals surface area contributed by atoms with Gasteiger partial charge in [0, 0.05) is 12.1 Å². The Morgan fingerprint density at radius 3 is 2.73 bits per heavy atom. The molecular weight excluding hydrogens is 192 g/mol. The zero-order valence-electron chi connectivity index (χ0n) is 9.13. The molecule has 4 heteroatoms. The standard InChI is InChI=1S/C11H20N2O2/c12-11(4-1-5-11)8-13-10(14)7-15-6-9-2-3-9/h9H,1-8,12H2,(H,13,14). The Hall–Kier alpha value is -0.610. The van der Waals surface area contributed by atoms with Crippen LogP contribution in [0.15, 0.2) is 0 Å². The maximum atomic E-state index is 11.3. The molecule has 0 atom stereocenters. The number of ether oxygens (including phenoxy) is 1. The van der Waals surface area contributed by atoms with Crippen molar-refractivity contribution in [2.45, 2.75) is 37.6 Å². The van der Waals surface area contributed by atoms with Crippen molar-refractivity contribution in [1.82, 2.24) is 5.32 Å². The van der Waals surface area contributed by atoms with E-state index in [-0.39, 0.29) is 18.1 Å².